The van der Waals surface area contributed by atoms with Crippen molar-refractivity contribution in [2.75, 3.05) is 12.4 Å². The number of nitrogens with zero attached hydrogens (tertiary/aromatic N) is 1. The van der Waals surface area contributed by atoms with Gasteiger partial charge in [-0.25, -0.2) is 4.98 Å². The van der Waals surface area contributed by atoms with Gasteiger partial charge >= 0.3 is 0 Å². The maximum atomic E-state index is 11.0. The van der Waals surface area contributed by atoms with Gasteiger partial charge in [0.2, 0.25) is 0 Å². The van der Waals surface area contributed by atoms with Gasteiger partial charge in [-0.2, -0.15) is 11.8 Å². The number of hydrogen-bond donors (Lipinski definition) is 1. The van der Waals surface area contributed by atoms with Crippen LogP contribution < -0.4 is 9.47 Å². The molecular weight excluding hydrogens is 418 g/mol. The van der Waals surface area contributed by atoms with Gasteiger partial charge in [-0.05, 0) is 42.5 Å². The largest absolute Gasteiger partial charge is 0.492 e. The summed E-state index contributed by atoms with van der Waals surface area (Å²) in [6, 6.07) is 17.8. The van der Waals surface area contributed by atoms with E-state index >= 15 is 0 Å². The Labute approximate surface area is 195 Å². The van der Waals surface area contributed by atoms with Gasteiger partial charge < -0.3 is 14.6 Å². The number of hydrogen-bond acceptors (Lipinski definition) is 5. The van der Waals surface area contributed by atoms with Crippen molar-refractivity contribution < 1.29 is 14.6 Å². The molecule has 32 heavy (non-hydrogen) atoms. The van der Waals surface area contributed by atoms with E-state index in [-0.39, 0.29) is 5.25 Å². The average Bonchev–Trinajstić information content (AvgIpc) is 2.83. The number of aromatic nitrogens is 1. The average molecular weight is 452 g/mol. The third kappa shape index (κ3) is 5.96. The Hall–Kier alpha value is -2.24. The number of fused-ring (bicyclic) bond motifs is 2. The third-order valence-electron chi connectivity index (χ3n) is 5.93. The molecule has 2 aromatic carbocycles. The lowest BCUT2D eigenvalue weighted by Gasteiger charge is -2.30. The van der Waals surface area contributed by atoms with Gasteiger partial charge in [0.25, 0.3) is 0 Å². The van der Waals surface area contributed by atoms with E-state index in [4.69, 9.17) is 9.47 Å². The van der Waals surface area contributed by atoms with E-state index in [9.17, 15) is 5.11 Å². The minimum absolute atomic E-state index is 0.0653. The number of aliphatic hydroxyl groups excluding tert-OH is 1. The minimum Gasteiger partial charge on any atom is -0.492 e. The first kappa shape index (κ1) is 22.9. The van der Waals surface area contributed by atoms with Gasteiger partial charge in [-0.1, -0.05) is 63.3 Å². The molecule has 0 saturated carbocycles. The zero-order chi connectivity index (χ0) is 22.2. The molecule has 4 nitrogen and oxygen atoms in total. The number of aliphatic hydroxyl groups is 1. The molecule has 0 aliphatic carbocycles. The second-order valence-electron chi connectivity index (χ2n) is 8.42. The molecule has 1 aliphatic rings. The molecule has 0 amide bonds. The second-order valence-corrected chi connectivity index (χ2v) is 9.76. The Kier molecular flexibility index (Phi) is 8.30. The van der Waals surface area contributed by atoms with Crippen LogP contribution in [0.4, 0.5) is 0 Å². The molecule has 1 aromatic heterocycles. The van der Waals surface area contributed by atoms with Crippen LogP contribution in [0.15, 0.2) is 54.6 Å². The summed E-state index contributed by atoms with van der Waals surface area (Å²) >= 11 is 1.82. The smallest absolute Gasteiger partial charge is 0.130 e. The van der Waals surface area contributed by atoms with E-state index < -0.39 is 6.10 Å². The van der Waals surface area contributed by atoms with E-state index in [2.05, 4.69) is 24.0 Å². The minimum atomic E-state index is -0.536. The summed E-state index contributed by atoms with van der Waals surface area (Å²) in [7, 11) is 0. The zero-order valence-electron chi connectivity index (χ0n) is 18.8. The predicted octanol–water partition coefficient (Wildman–Crippen LogP) is 6.70. The van der Waals surface area contributed by atoms with Crippen LogP contribution in [0.1, 0.15) is 62.8 Å². The van der Waals surface area contributed by atoms with Crippen LogP contribution in [0.5, 0.6) is 11.5 Å². The highest BCUT2D eigenvalue weighted by molar-refractivity contribution is 7.99. The molecule has 1 aliphatic heterocycles. The number of unbranched alkanes of at least 4 members (excludes halogenated alkanes) is 5. The van der Waals surface area contributed by atoms with E-state index in [1.807, 2.05) is 54.2 Å². The van der Waals surface area contributed by atoms with E-state index in [0.29, 0.717) is 13.2 Å². The number of pyridine rings is 1. The lowest BCUT2D eigenvalue weighted by Crippen LogP contribution is -2.28. The van der Waals surface area contributed by atoms with E-state index in [1.165, 1.54) is 38.5 Å². The molecule has 5 heteroatoms. The van der Waals surface area contributed by atoms with Gasteiger partial charge in [0, 0.05) is 10.9 Å². The van der Waals surface area contributed by atoms with Gasteiger partial charge in [0.15, 0.2) is 0 Å². The standard InChI is InChI=1S/C27H33NO3S/c1-2-3-4-5-6-9-16-32-26-19-31-25-15-14-22(17-23(25)27(26)29)30-18-21-13-12-20-10-7-8-11-24(20)28-21/h7-8,10-15,17,26-27,29H,2-6,9,16,18-19H2,1H3/t26-,27-/m0/s1. The molecule has 0 fully saturated rings. The van der Waals surface area contributed by atoms with Crippen molar-refractivity contribution in [3.8, 4) is 11.5 Å². The van der Waals surface area contributed by atoms with Crippen molar-refractivity contribution in [1.29, 1.82) is 0 Å². The first-order valence-electron chi connectivity index (χ1n) is 11.8. The fourth-order valence-electron chi connectivity index (χ4n) is 4.04. The number of ether oxygens (including phenoxy) is 2. The lowest BCUT2D eigenvalue weighted by atomic mass is 10.0. The molecule has 170 valence electrons. The van der Waals surface area contributed by atoms with Crippen molar-refractivity contribution >= 4 is 22.7 Å². The lowest BCUT2D eigenvalue weighted by molar-refractivity contribution is 0.122. The van der Waals surface area contributed by atoms with E-state index in [0.717, 1.165) is 39.4 Å². The number of thioether (sulfide) groups is 1. The summed E-state index contributed by atoms with van der Waals surface area (Å²) in [5, 5.41) is 12.1. The fourth-order valence-corrected chi connectivity index (χ4v) is 5.21. The summed E-state index contributed by atoms with van der Waals surface area (Å²) in [6.45, 7) is 3.18. The zero-order valence-corrected chi connectivity index (χ0v) is 19.7. The summed E-state index contributed by atoms with van der Waals surface area (Å²) in [5.41, 5.74) is 2.67. The molecule has 1 N–H and O–H groups in total. The predicted molar refractivity (Wildman–Crippen MR) is 133 cm³/mol. The maximum Gasteiger partial charge on any atom is 0.130 e. The Morgan fingerprint density at radius 1 is 1.03 bits per heavy atom. The first-order valence-corrected chi connectivity index (χ1v) is 12.8. The van der Waals surface area contributed by atoms with Crippen LogP contribution in [-0.2, 0) is 6.61 Å². The van der Waals surface area contributed by atoms with Gasteiger partial charge in [0.1, 0.15) is 24.7 Å². The molecule has 0 bridgehead atoms. The number of rotatable bonds is 11. The van der Waals surface area contributed by atoms with Gasteiger partial charge in [-0.15, -0.1) is 0 Å². The van der Waals surface area contributed by atoms with Crippen LogP contribution in [-0.4, -0.2) is 27.7 Å². The summed E-state index contributed by atoms with van der Waals surface area (Å²) in [5.74, 6) is 2.55. The molecular formula is C27H33NO3S. The first-order chi connectivity index (χ1) is 15.7. The van der Waals surface area contributed by atoms with Crippen molar-refractivity contribution in [3.63, 3.8) is 0 Å². The Bertz CT molecular complexity index is 1010. The summed E-state index contributed by atoms with van der Waals surface area (Å²) < 4.78 is 11.9. The van der Waals surface area contributed by atoms with E-state index in [1.54, 1.807) is 0 Å². The van der Waals surface area contributed by atoms with Crippen LogP contribution in [0.3, 0.4) is 0 Å². The van der Waals surface area contributed by atoms with Crippen LogP contribution >= 0.6 is 11.8 Å². The molecule has 0 radical (unpaired) electrons. The Morgan fingerprint density at radius 3 is 2.78 bits per heavy atom. The Balaban J connectivity index is 1.31. The van der Waals surface area contributed by atoms with Crippen molar-refractivity contribution in [2.45, 2.75) is 63.4 Å². The van der Waals surface area contributed by atoms with Gasteiger partial charge in [0.05, 0.1) is 22.6 Å². The van der Waals surface area contributed by atoms with Gasteiger partial charge in [-0.3, -0.25) is 0 Å². The highest BCUT2D eigenvalue weighted by Gasteiger charge is 2.30. The topological polar surface area (TPSA) is 51.6 Å². The third-order valence-corrected chi connectivity index (χ3v) is 7.27. The normalized spacial score (nSPS) is 17.7. The van der Waals surface area contributed by atoms with Crippen molar-refractivity contribution in [2.24, 2.45) is 0 Å². The molecule has 0 unspecified atom stereocenters. The van der Waals surface area contributed by atoms with Crippen LogP contribution in [0.2, 0.25) is 0 Å². The molecule has 0 saturated heterocycles. The molecule has 4 rings (SSSR count). The Morgan fingerprint density at radius 2 is 1.88 bits per heavy atom. The molecule has 2 heterocycles. The summed E-state index contributed by atoms with van der Waals surface area (Å²) in [6.07, 6.45) is 7.20. The maximum absolute atomic E-state index is 11.0. The van der Waals surface area contributed by atoms with Crippen molar-refractivity contribution in [1.82, 2.24) is 4.98 Å². The van der Waals surface area contributed by atoms with Crippen LogP contribution in [0.25, 0.3) is 10.9 Å². The highest BCUT2D eigenvalue weighted by Crippen LogP contribution is 2.39. The molecule has 2 atom stereocenters. The monoisotopic (exact) mass is 451 g/mol. The van der Waals surface area contributed by atoms with Crippen molar-refractivity contribution in [3.05, 3.63) is 65.9 Å². The summed E-state index contributed by atoms with van der Waals surface area (Å²) in [4.78, 5) is 4.67. The fraction of sp³-hybridized carbons (Fsp3) is 0.444. The number of para-hydroxylation sites is 1. The number of benzene rings is 2. The quantitative estimate of drug-likeness (QED) is 0.329. The molecule has 3 aromatic rings. The highest BCUT2D eigenvalue weighted by atomic mass is 32.2. The second kappa shape index (κ2) is 11.6. The van der Waals surface area contributed by atoms with Crippen LogP contribution in [0, 0.1) is 0 Å². The SMILES string of the molecule is CCCCCCCCS[C@H]1COc2ccc(OCc3ccc4ccccc4n3)cc2[C@@H]1O. The molecule has 0 spiro atoms.